The zero-order chi connectivity index (χ0) is 14.7. The van der Waals surface area contributed by atoms with Gasteiger partial charge in [-0.25, -0.2) is 0 Å². The molecular formula is C18H36O2. The maximum atomic E-state index is 10.5. The van der Waals surface area contributed by atoms with Crippen LogP contribution < -0.4 is 0 Å². The molecule has 2 nitrogen and oxygen atoms in total. The van der Waals surface area contributed by atoms with Crippen LogP contribution in [0.5, 0.6) is 0 Å². The van der Waals surface area contributed by atoms with E-state index in [-0.39, 0.29) is 11.7 Å². The molecule has 1 atom stereocenters. The Kier molecular flexibility index (Phi) is 9.54. The van der Waals surface area contributed by atoms with E-state index in [4.69, 9.17) is 4.74 Å². The molecule has 20 heavy (non-hydrogen) atoms. The van der Waals surface area contributed by atoms with Gasteiger partial charge in [0.1, 0.15) is 0 Å². The molecule has 0 aromatic carbocycles. The van der Waals surface area contributed by atoms with Gasteiger partial charge in [-0.15, -0.1) is 0 Å². The third-order valence-electron chi connectivity index (χ3n) is 5.04. The zero-order valence-corrected chi connectivity index (χ0v) is 13.8. The molecular weight excluding hydrogens is 248 g/mol. The lowest BCUT2D eigenvalue weighted by Crippen LogP contribution is -2.45. The molecule has 1 N–H and O–H groups in total. The number of ether oxygens (including phenoxy) is 1. The molecule has 0 bridgehead atoms. The average molecular weight is 284 g/mol. The Morgan fingerprint density at radius 3 is 2.00 bits per heavy atom. The second-order valence-corrected chi connectivity index (χ2v) is 6.61. The van der Waals surface area contributed by atoms with Gasteiger partial charge >= 0.3 is 0 Å². The van der Waals surface area contributed by atoms with Crippen LogP contribution in [0.25, 0.3) is 0 Å². The van der Waals surface area contributed by atoms with Crippen LogP contribution in [0, 0.1) is 0 Å². The topological polar surface area (TPSA) is 29.5 Å². The normalized spacial score (nSPS) is 19.9. The highest BCUT2D eigenvalue weighted by molar-refractivity contribution is 4.90. The summed E-state index contributed by atoms with van der Waals surface area (Å²) in [5, 5.41) is 10.5. The molecule has 0 spiro atoms. The number of unbranched alkanes of at least 4 members (excludes halogenated alkanes) is 7. The fourth-order valence-corrected chi connectivity index (χ4v) is 3.56. The lowest BCUT2D eigenvalue weighted by Gasteiger charge is -2.40. The number of aliphatic hydroxyl groups is 1. The maximum absolute atomic E-state index is 10.5. The van der Waals surface area contributed by atoms with Crippen molar-refractivity contribution in [3.05, 3.63) is 0 Å². The van der Waals surface area contributed by atoms with Crippen molar-refractivity contribution in [2.45, 2.75) is 109 Å². The highest BCUT2D eigenvalue weighted by Crippen LogP contribution is 2.35. The first kappa shape index (κ1) is 18.0. The standard InChI is InChI=1S/C18H36O2/c1-3-4-5-6-7-8-9-11-14-17(19)18(20-2)15-12-10-13-16-18/h17,19H,3-16H2,1-2H3. The van der Waals surface area contributed by atoms with E-state index in [1.165, 1.54) is 64.2 Å². The fraction of sp³-hybridized carbons (Fsp3) is 1.00. The first-order chi connectivity index (χ1) is 9.75. The van der Waals surface area contributed by atoms with Crippen LogP contribution in [0.1, 0.15) is 96.8 Å². The van der Waals surface area contributed by atoms with Gasteiger partial charge in [-0.1, -0.05) is 77.6 Å². The summed E-state index contributed by atoms with van der Waals surface area (Å²) in [6.07, 6.45) is 17.1. The Morgan fingerprint density at radius 1 is 0.900 bits per heavy atom. The molecule has 1 aliphatic carbocycles. The lowest BCUT2D eigenvalue weighted by atomic mass is 9.79. The summed E-state index contributed by atoms with van der Waals surface area (Å²) in [6, 6.07) is 0. The predicted molar refractivity (Wildman–Crippen MR) is 86.1 cm³/mol. The van der Waals surface area contributed by atoms with Crippen molar-refractivity contribution in [2.24, 2.45) is 0 Å². The summed E-state index contributed by atoms with van der Waals surface area (Å²) < 4.78 is 5.71. The fourth-order valence-electron chi connectivity index (χ4n) is 3.56. The first-order valence-corrected chi connectivity index (χ1v) is 8.98. The Balaban J connectivity index is 2.08. The molecule has 0 saturated heterocycles. The minimum absolute atomic E-state index is 0.223. The number of hydrogen-bond donors (Lipinski definition) is 1. The second-order valence-electron chi connectivity index (χ2n) is 6.61. The smallest absolute Gasteiger partial charge is 0.0936 e. The van der Waals surface area contributed by atoms with Crippen LogP contribution in [-0.4, -0.2) is 23.9 Å². The molecule has 1 fully saturated rings. The highest BCUT2D eigenvalue weighted by atomic mass is 16.5. The molecule has 0 radical (unpaired) electrons. The van der Waals surface area contributed by atoms with Crippen molar-refractivity contribution < 1.29 is 9.84 Å². The van der Waals surface area contributed by atoms with Crippen LogP contribution in [0.3, 0.4) is 0 Å². The first-order valence-electron chi connectivity index (χ1n) is 8.98. The number of rotatable bonds is 11. The minimum Gasteiger partial charge on any atom is -0.390 e. The summed E-state index contributed by atoms with van der Waals surface area (Å²) in [6.45, 7) is 2.26. The van der Waals surface area contributed by atoms with Crippen molar-refractivity contribution in [3.63, 3.8) is 0 Å². The molecule has 2 heteroatoms. The monoisotopic (exact) mass is 284 g/mol. The van der Waals surface area contributed by atoms with Crippen LogP contribution >= 0.6 is 0 Å². The van der Waals surface area contributed by atoms with Crippen molar-refractivity contribution in [3.8, 4) is 0 Å². The van der Waals surface area contributed by atoms with Crippen molar-refractivity contribution >= 4 is 0 Å². The molecule has 0 aromatic heterocycles. The number of methoxy groups -OCH3 is 1. The van der Waals surface area contributed by atoms with Gasteiger partial charge in [0.15, 0.2) is 0 Å². The molecule has 0 aliphatic heterocycles. The van der Waals surface area contributed by atoms with Crippen LogP contribution in [-0.2, 0) is 4.74 Å². The van der Waals surface area contributed by atoms with E-state index >= 15 is 0 Å². The van der Waals surface area contributed by atoms with Crippen molar-refractivity contribution in [1.82, 2.24) is 0 Å². The minimum atomic E-state index is -0.257. The van der Waals surface area contributed by atoms with Gasteiger partial charge in [0, 0.05) is 7.11 Å². The van der Waals surface area contributed by atoms with Crippen LogP contribution in [0.2, 0.25) is 0 Å². The molecule has 0 amide bonds. The van der Waals surface area contributed by atoms with E-state index in [2.05, 4.69) is 6.92 Å². The lowest BCUT2D eigenvalue weighted by molar-refractivity contribution is -0.125. The molecule has 1 unspecified atom stereocenters. The molecule has 0 heterocycles. The Bertz CT molecular complexity index is 221. The summed E-state index contributed by atoms with van der Waals surface area (Å²) in [5.74, 6) is 0. The SMILES string of the molecule is CCCCCCCCCCC(O)C1(OC)CCCCC1. The summed E-state index contributed by atoms with van der Waals surface area (Å²) in [7, 11) is 1.78. The van der Waals surface area contributed by atoms with E-state index in [0.29, 0.717) is 0 Å². The van der Waals surface area contributed by atoms with E-state index in [1.54, 1.807) is 7.11 Å². The van der Waals surface area contributed by atoms with E-state index in [9.17, 15) is 5.11 Å². The van der Waals surface area contributed by atoms with Crippen LogP contribution in [0.4, 0.5) is 0 Å². The van der Waals surface area contributed by atoms with E-state index < -0.39 is 0 Å². The van der Waals surface area contributed by atoms with Gasteiger partial charge in [0.2, 0.25) is 0 Å². The third-order valence-corrected chi connectivity index (χ3v) is 5.04. The van der Waals surface area contributed by atoms with Gasteiger partial charge in [-0.2, -0.15) is 0 Å². The zero-order valence-electron chi connectivity index (χ0n) is 13.8. The molecule has 1 saturated carbocycles. The van der Waals surface area contributed by atoms with Gasteiger partial charge < -0.3 is 9.84 Å². The van der Waals surface area contributed by atoms with Crippen molar-refractivity contribution in [2.75, 3.05) is 7.11 Å². The van der Waals surface area contributed by atoms with Gasteiger partial charge in [-0.3, -0.25) is 0 Å². The molecule has 1 rings (SSSR count). The quantitative estimate of drug-likeness (QED) is 0.527. The Morgan fingerprint density at radius 2 is 1.45 bits per heavy atom. The average Bonchev–Trinajstić information content (AvgIpc) is 2.50. The summed E-state index contributed by atoms with van der Waals surface area (Å²) in [4.78, 5) is 0. The van der Waals surface area contributed by atoms with Gasteiger partial charge in [0.25, 0.3) is 0 Å². The molecule has 120 valence electrons. The highest BCUT2D eigenvalue weighted by Gasteiger charge is 2.38. The summed E-state index contributed by atoms with van der Waals surface area (Å²) >= 11 is 0. The Labute approximate surface area is 126 Å². The van der Waals surface area contributed by atoms with Gasteiger partial charge in [0.05, 0.1) is 11.7 Å². The van der Waals surface area contributed by atoms with Crippen molar-refractivity contribution in [1.29, 1.82) is 0 Å². The largest absolute Gasteiger partial charge is 0.390 e. The third kappa shape index (κ3) is 6.13. The molecule has 1 aliphatic rings. The van der Waals surface area contributed by atoms with E-state index in [1.807, 2.05) is 0 Å². The van der Waals surface area contributed by atoms with E-state index in [0.717, 1.165) is 25.7 Å². The number of hydrogen-bond acceptors (Lipinski definition) is 2. The molecule has 0 aromatic rings. The second kappa shape index (κ2) is 10.6. The van der Waals surface area contributed by atoms with Gasteiger partial charge in [-0.05, 0) is 19.3 Å². The summed E-state index contributed by atoms with van der Waals surface area (Å²) in [5.41, 5.74) is -0.223. The van der Waals surface area contributed by atoms with Crippen LogP contribution in [0.15, 0.2) is 0 Å². The Hall–Kier alpha value is -0.0800. The number of aliphatic hydroxyl groups excluding tert-OH is 1. The predicted octanol–water partition coefficient (Wildman–Crippen LogP) is 5.23. The maximum Gasteiger partial charge on any atom is 0.0936 e.